The van der Waals surface area contributed by atoms with Crippen LogP contribution >= 0.6 is 11.6 Å². The smallest absolute Gasteiger partial charge is 0.251 e. The van der Waals surface area contributed by atoms with Crippen molar-refractivity contribution in [3.63, 3.8) is 0 Å². The van der Waals surface area contributed by atoms with Crippen LogP contribution in [0.4, 0.5) is 23.1 Å². The Kier molecular flexibility index (Phi) is 4.11. The zero-order valence-corrected chi connectivity index (χ0v) is 14.4. The van der Waals surface area contributed by atoms with Gasteiger partial charge in [-0.25, -0.2) is 0 Å². The van der Waals surface area contributed by atoms with Crippen LogP contribution in [0.25, 0.3) is 0 Å². The number of hydrogen-bond acceptors (Lipinski definition) is 6. The highest BCUT2D eigenvalue weighted by atomic mass is 35.5. The molecule has 1 N–H and O–H groups in total. The second kappa shape index (κ2) is 6.57. The standard InChI is InChI=1S/C18H16ClN5O/c1-25-16-7-6-13(19)10-14(16)21-17-11-20-23-18(22-17)24-9-8-12-4-2-3-5-15(12)24/h2-7,10-11H,8-9H2,1H3,(H,21,22,23). The molecule has 25 heavy (non-hydrogen) atoms. The number of methoxy groups -OCH3 is 1. The van der Waals surface area contributed by atoms with Gasteiger partial charge in [0, 0.05) is 17.3 Å². The molecule has 0 amide bonds. The minimum Gasteiger partial charge on any atom is -0.495 e. The molecule has 1 aliphatic heterocycles. The molecular formula is C18H16ClN5O. The van der Waals surface area contributed by atoms with Gasteiger partial charge in [-0.2, -0.15) is 10.1 Å². The summed E-state index contributed by atoms with van der Waals surface area (Å²) in [6.45, 7) is 0.838. The predicted molar refractivity (Wildman–Crippen MR) is 98.3 cm³/mol. The van der Waals surface area contributed by atoms with Gasteiger partial charge in [-0.1, -0.05) is 29.8 Å². The van der Waals surface area contributed by atoms with E-state index in [0.717, 1.165) is 24.3 Å². The topological polar surface area (TPSA) is 63.2 Å². The second-order valence-corrected chi connectivity index (χ2v) is 6.08. The molecule has 6 nitrogen and oxygen atoms in total. The van der Waals surface area contributed by atoms with Gasteiger partial charge in [0.1, 0.15) is 5.75 Å². The largest absolute Gasteiger partial charge is 0.495 e. The lowest BCUT2D eigenvalue weighted by molar-refractivity contribution is 0.417. The van der Waals surface area contributed by atoms with Crippen molar-refractivity contribution in [3.05, 3.63) is 59.2 Å². The van der Waals surface area contributed by atoms with Crippen LogP contribution in [0, 0.1) is 0 Å². The highest BCUT2D eigenvalue weighted by Crippen LogP contribution is 2.33. The third-order valence-electron chi connectivity index (χ3n) is 4.10. The van der Waals surface area contributed by atoms with E-state index in [9.17, 15) is 0 Å². The first-order valence-electron chi connectivity index (χ1n) is 7.90. The van der Waals surface area contributed by atoms with Crippen molar-refractivity contribution >= 4 is 34.7 Å². The number of fused-ring (bicyclic) bond motifs is 1. The lowest BCUT2D eigenvalue weighted by Crippen LogP contribution is -2.17. The van der Waals surface area contributed by atoms with Gasteiger partial charge in [-0.15, -0.1) is 5.10 Å². The molecule has 0 aliphatic carbocycles. The Hall–Kier alpha value is -2.86. The zero-order valence-electron chi connectivity index (χ0n) is 13.6. The third-order valence-corrected chi connectivity index (χ3v) is 4.34. The van der Waals surface area contributed by atoms with Crippen LogP contribution in [0.5, 0.6) is 5.75 Å². The van der Waals surface area contributed by atoms with Crippen LogP contribution in [0.2, 0.25) is 5.02 Å². The van der Waals surface area contributed by atoms with Crippen LogP contribution in [0.3, 0.4) is 0 Å². The van der Waals surface area contributed by atoms with Gasteiger partial charge in [0.2, 0.25) is 0 Å². The van der Waals surface area contributed by atoms with Gasteiger partial charge >= 0.3 is 0 Å². The first-order chi connectivity index (χ1) is 12.2. The molecule has 0 spiro atoms. The van der Waals surface area contributed by atoms with E-state index in [0.29, 0.717) is 22.5 Å². The number of aromatic nitrogens is 3. The van der Waals surface area contributed by atoms with E-state index in [1.807, 2.05) is 12.1 Å². The molecule has 1 aromatic heterocycles. The molecular weight excluding hydrogens is 338 g/mol. The summed E-state index contributed by atoms with van der Waals surface area (Å²) in [5, 5.41) is 12.1. The van der Waals surface area contributed by atoms with Crippen LogP contribution in [0.15, 0.2) is 48.7 Å². The van der Waals surface area contributed by atoms with Crippen molar-refractivity contribution < 1.29 is 4.74 Å². The monoisotopic (exact) mass is 353 g/mol. The van der Waals surface area contributed by atoms with Crippen molar-refractivity contribution in [2.45, 2.75) is 6.42 Å². The van der Waals surface area contributed by atoms with Gasteiger partial charge in [0.15, 0.2) is 5.82 Å². The van der Waals surface area contributed by atoms with Crippen molar-refractivity contribution in [2.75, 3.05) is 23.9 Å². The maximum absolute atomic E-state index is 6.08. The van der Waals surface area contributed by atoms with E-state index in [4.69, 9.17) is 16.3 Å². The number of nitrogens with one attached hydrogen (secondary N) is 1. The number of ether oxygens (including phenoxy) is 1. The Morgan fingerprint density at radius 1 is 1.20 bits per heavy atom. The molecule has 1 aliphatic rings. The summed E-state index contributed by atoms with van der Waals surface area (Å²) in [6.07, 6.45) is 2.55. The van der Waals surface area contributed by atoms with Crippen molar-refractivity contribution in [2.24, 2.45) is 0 Å². The fraction of sp³-hybridized carbons (Fsp3) is 0.167. The van der Waals surface area contributed by atoms with Crippen LogP contribution in [-0.2, 0) is 6.42 Å². The average Bonchev–Trinajstić information content (AvgIpc) is 3.06. The molecule has 0 radical (unpaired) electrons. The molecule has 0 unspecified atom stereocenters. The molecule has 0 fully saturated rings. The summed E-state index contributed by atoms with van der Waals surface area (Å²) in [4.78, 5) is 6.67. The summed E-state index contributed by atoms with van der Waals surface area (Å²) < 4.78 is 5.35. The number of hydrogen-bond donors (Lipinski definition) is 1. The minimum absolute atomic E-state index is 0.566. The summed E-state index contributed by atoms with van der Waals surface area (Å²) >= 11 is 6.08. The number of benzene rings is 2. The summed E-state index contributed by atoms with van der Waals surface area (Å²) in [5.74, 6) is 1.82. The number of halogens is 1. The highest BCUT2D eigenvalue weighted by Gasteiger charge is 2.22. The van der Waals surface area contributed by atoms with E-state index < -0.39 is 0 Å². The maximum Gasteiger partial charge on any atom is 0.251 e. The first kappa shape index (κ1) is 15.7. The van der Waals surface area contributed by atoms with Crippen molar-refractivity contribution in [3.8, 4) is 5.75 Å². The summed E-state index contributed by atoms with van der Waals surface area (Å²) in [5.41, 5.74) is 3.14. The Labute approximate surface area is 150 Å². The SMILES string of the molecule is COc1ccc(Cl)cc1Nc1cnnc(N2CCc3ccccc32)n1. The number of nitrogens with zero attached hydrogens (tertiary/aromatic N) is 4. The molecule has 0 atom stereocenters. The van der Waals surface area contributed by atoms with E-state index in [-0.39, 0.29) is 0 Å². The highest BCUT2D eigenvalue weighted by molar-refractivity contribution is 6.31. The number of anilines is 4. The minimum atomic E-state index is 0.566. The lowest BCUT2D eigenvalue weighted by Gasteiger charge is -2.17. The molecule has 3 aromatic rings. The van der Waals surface area contributed by atoms with Gasteiger partial charge in [-0.05, 0) is 36.2 Å². The molecule has 0 saturated carbocycles. The zero-order chi connectivity index (χ0) is 17.2. The predicted octanol–water partition coefficient (Wildman–Crippen LogP) is 3.97. The van der Waals surface area contributed by atoms with Crippen LogP contribution in [0.1, 0.15) is 5.56 Å². The molecule has 7 heteroatoms. The fourth-order valence-corrected chi connectivity index (χ4v) is 3.10. The van der Waals surface area contributed by atoms with Gasteiger partial charge < -0.3 is 15.0 Å². The van der Waals surface area contributed by atoms with Gasteiger partial charge in [-0.3, -0.25) is 0 Å². The fourth-order valence-electron chi connectivity index (χ4n) is 2.93. The summed E-state index contributed by atoms with van der Waals surface area (Å²) in [6, 6.07) is 13.6. The molecule has 126 valence electrons. The number of para-hydroxylation sites is 1. The second-order valence-electron chi connectivity index (χ2n) is 5.64. The van der Waals surface area contributed by atoms with Crippen molar-refractivity contribution in [1.29, 1.82) is 0 Å². The van der Waals surface area contributed by atoms with Crippen LogP contribution < -0.4 is 15.0 Å². The van der Waals surface area contributed by atoms with E-state index >= 15 is 0 Å². The Morgan fingerprint density at radius 3 is 2.96 bits per heavy atom. The summed E-state index contributed by atoms with van der Waals surface area (Å²) in [7, 11) is 1.61. The Balaban J connectivity index is 1.64. The Bertz CT molecular complexity index is 917. The quantitative estimate of drug-likeness (QED) is 0.765. The Morgan fingerprint density at radius 2 is 2.08 bits per heavy atom. The van der Waals surface area contributed by atoms with Gasteiger partial charge in [0.25, 0.3) is 5.95 Å². The van der Waals surface area contributed by atoms with E-state index in [1.165, 1.54) is 5.56 Å². The van der Waals surface area contributed by atoms with Gasteiger partial charge in [0.05, 0.1) is 19.0 Å². The average molecular weight is 354 g/mol. The maximum atomic E-state index is 6.08. The molecule has 0 bridgehead atoms. The van der Waals surface area contributed by atoms with Crippen molar-refractivity contribution in [1.82, 2.24) is 15.2 Å². The molecule has 0 saturated heterocycles. The van der Waals surface area contributed by atoms with E-state index in [1.54, 1.807) is 31.5 Å². The molecule has 2 heterocycles. The van der Waals surface area contributed by atoms with Crippen LogP contribution in [-0.4, -0.2) is 28.8 Å². The number of rotatable bonds is 4. The third kappa shape index (κ3) is 3.08. The van der Waals surface area contributed by atoms with E-state index in [2.05, 4.69) is 37.5 Å². The first-order valence-corrected chi connectivity index (χ1v) is 8.28. The normalized spacial score (nSPS) is 12.8. The lowest BCUT2D eigenvalue weighted by atomic mass is 10.2. The molecule has 4 rings (SSSR count). The molecule has 2 aromatic carbocycles.